The fourth-order valence-electron chi connectivity index (χ4n) is 3.11. The van der Waals surface area contributed by atoms with Crippen LogP contribution in [0.5, 0.6) is 0 Å². The fraction of sp³-hybridized carbons (Fsp3) is 1.00. The van der Waals surface area contributed by atoms with E-state index in [1.54, 1.807) is 0 Å². The van der Waals surface area contributed by atoms with Crippen molar-refractivity contribution < 1.29 is 13.5 Å². The summed E-state index contributed by atoms with van der Waals surface area (Å²) in [5.74, 6) is 0. The number of hydrogen-bond donors (Lipinski definition) is 2. The van der Waals surface area contributed by atoms with Crippen LogP contribution in [0, 0.1) is 0 Å². The molecular weight excluding hydrogens is 264 g/mol. The van der Waals surface area contributed by atoms with Gasteiger partial charge in [0.1, 0.15) is 0 Å². The molecule has 0 aromatic carbocycles. The van der Waals surface area contributed by atoms with E-state index in [-0.39, 0.29) is 6.61 Å². The zero-order valence-electron chi connectivity index (χ0n) is 12.4. The molecule has 2 N–H and O–H groups in total. The Morgan fingerprint density at radius 3 is 2.47 bits per heavy atom. The van der Waals surface area contributed by atoms with Gasteiger partial charge in [0, 0.05) is 19.3 Å². The minimum absolute atomic E-state index is 0.108. The highest BCUT2D eigenvalue weighted by Crippen LogP contribution is 2.34. The normalized spacial score (nSPS) is 28.2. The molecule has 0 aromatic rings. The van der Waals surface area contributed by atoms with Crippen LogP contribution < -0.4 is 5.32 Å². The summed E-state index contributed by atoms with van der Waals surface area (Å²) in [5.41, 5.74) is -0.638. The Balaban J connectivity index is 2.65. The first kappa shape index (κ1) is 16.9. The van der Waals surface area contributed by atoms with Gasteiger partial charge in [0.2, 0.25) is 0 Å². The molecule has 1 rings (SSSR count). The minimum Gasteiger partial charge on any atom is -0.394 e. The van der Waals surface area contributed by atoms with Crippen molar-refractivity contribution >= 4 is 9.84 Å². The van der Waals surface area contributed by atoms with Gasteiger partial charge in [-0.1, -0.05) is 20.3 Å². The summed E-state index contributed by atoms with van der Waals surface area (Å²) in [6.45, 7) is 7.68. The third-order valence-corrected chi connectivity index (χ3v) is 6.02. The van der Waals surface area contributed by atoms with E-state index in [9.17, 15) is 13.5 Å². The Bertz CT molecular complexity index is 368. The SMILES string of the molecule is CCN(CC)CCNC1(CO)CCCC1S(C)(=O)=O. The van der Waals surface area contributed by atoms with Crippen molar-refractivity contribution in [1.29, 1.82) is 0 Å². The number of aliphatic hydroxyl groups is 1. The van der Waals surface area contributed by atoms with Crippen LogP contribution in [0.3, 0.4) is 0 Å². The van der Waals surface area contributed by atoms with Crippen LogP contribution in [-0.2, 0) is 9.84 Å². The lowest BCUT2D eigenvalue weighted by Crippen LogP contribution is -2.57. The molecule has 1 fully saturated rings. The number of nitrogens with one attached hydrogen (secondary N) is 1. The minimum atomic E-state index is -3.12. The van der Waals surface area contributed by atoms with Crippen molar-refractivity contribution in [3.63, 3.8) is 0 Å². The molecule has 0 heterocycles. The van der Waals surface area contributed by atoms with Crippen molar-refractivity contribution in [2.45, 2.75) is 43.9 Å². The van der Waals surface area contributed by atoms with Crippen molar-refractivity contribution in [1.82, 2.24) is 10.2 Å². The maximum Gasteiger partial charge on any atom is 0.152 e. The molecular formula is C13H28N2O3S. The van der Waals surface area contributed by atoms with Crippen LogP contribution in [0.15, 0.2) is 0 Å². The van der Waals surface area contributed by atoms with E-state index in [4.69, 9.17) is 0 Å². The van der Waals surface area contributed by atoms with Crippen molar-refractivity contribution in [3.05, 3.63) is 0 Å². The second kappa shape index (κ2) is 7.02. The van der Waals surface area contributed by atoms with Crippen molar-refractivity contribution in [3.8, 4) is 0 Å². The van der Waals surface area contributed by atoms with Gasteiger partial charge in [-0.05, 0) is 25.9 Å². The maximum atomic E-state index is 11.9. The molecule has 5 nitrogen and oxygen atoms in total. The van der Waals surface area contributed by atoms with E-state index in [2.05, 4.69) is 24.1 Å². The monoisotopic (exact) mass is 292 g/mol. The van der Waals surface area contributed by atoms with Gasteiger partial charge in [0.05, 0.1) is 17.4 Å². The van der Waals surface area contributed by atoms with Crippen LogP contribution in [0.4, 0.5) is 0 Å². The summed E-state index contributed by atoms with van der Waals surface area (Å²) in [6.07, 6.45) is 3.52. The Kier molecular flexibility index (Phi) is 6.23. The zero-order chi connectivity index (χ0) is 14.5. The maximum absolute atomic E-state index is 11.9. The van der Waals surface area contributed by atoms with Crippen LogP contribution >= 0.6 is 0 Å². The number of sulfone groups is 1. The number of hydrogen-bond acceptors (Lipinski definition) is 5. The predicted molar refractivity (Wildman–Crippen MR) is 78.1 cm³/mol. The Hall–Kier alpha value is -0.170. The molecule has 0 radical (unpaired) electrons. The lowest BCUT2D eigenvalue weighted by atomic mass is 9.98. The molecule has 1 aliphatic rings. The molecule has 2 unspecified atom stereocenters. The molecule has 0 amide bonds. The molecule has 1 saturated carbocycles. The van der Waals surface area contributed by atoms with Gasteiger partial charge in [-0.15, -0.1) is 0 Å². The second-order valence-corrected chi connectivity index (χ2v) is 7.71. The smallest absolute Gasteiger partial charge is 0.152 e. The molecule has 0 saturated heterocycles. The Morgan fingerprint density at radius 2 is 2.00 bits per heavy atom. The summed E-state index contributed by atoms with van der Waals surface area (Å²) < 4.78 is 23.7. The predicted octanol–water partition coefficient (Wildman–Crippen LogP) is 0.246. The quantitative estimate of drug-likeness (QED) is 0.671. The zero-order valence-corrected chi connectivity index (χ0v) is 13.2. The molecule has 0 aliphatic heterocycles. The largest absolute Gasteiger partial charge is 0.394 e. The Labute approximate surface area is 117 Å². The molecule has 6 heteroatoms. The molecule has 19 heavy (non-hydrogen) atoms. The van der Waals surface area contributed by atoms with E-state index in [0.29, 0.717) is 13.0 Å². The van der Waals surface area contributed by atoms with Gasteiger partial charge in [-0.2, -0.15) is 0 Å². The number of likely N-dealkylation sites (N-methyl/N-ethyl adjacent to an activating group) is 1. The van der Waals surface area contributed by atoms with E-state index in [1.165, 1.54) is 6.26 Å². The number of nitrogens with zero attached hydrogens (tertiary/aromatic N) is 1. The summed E-state index contributed by atoms with van der Waals surface area (Å²) in [7, 11) is -3.12. The summed E-state index contributed by atoms with van der Waals surface area (Å²) >= 11 is 0. The van der Waals surface area contributed by atoms with Crippen LogP contribution in [0.25, 0.3) is 0 Å². The van der Waals surface area contributed by atoms with Gasteiger partial charge in [0.15, 0.2) is 9.84 Å². The van der Waals surface area contributed by atoms with Crippen molar-refractivity contribution in [2.24, 2.45) is 0 Å². The molecule has 1 aliphatic carbocycles. The van der Waals surface area contributed by atoms with E-state index in [0.717, 1.165) is 32.5 Å². The topological polar surface area (TPSA) is 69.6 Å². The first-order valence-corrected chi connectivity index (χ1v) is 9.12. The highest BCUT2D eigenvalue weighted by molar-refractivity contribution is 7.91. The first-order valence-electron chi connectivity index (χ1n) is 7.16. The molecule has 0 aromatic heterocycles. The van der Waals surface area contributed by atoms with E-state index < -0.39 is 20.6 Å². The van der Waals surface area contributed by atoms with Gasteiger partial charge in [0.25, 0.3) is 0 Å². The van der Waals surface area contributed by atoms with Crippen molar-refractivity contribution in [2.75, 3.05) is 39.0 Å². The summed E-state index contributed by atoms with van der Waals surface area (Å²) in [5, 5.41) is 12.6. The molecule has 0 bridgehead atoms. The highest BCUT2D eigenvalue weighted by Gasteiger charge is 2.47. The molecule has 0 spiro atoms. The lowest BCUT2D eigenvalue weighted by molar-refractivity contribution is 0.160. The third-order valence-electron chi connectivity index (χ3n) is 4.30. The van der Waals surface area contributed by atoms with Gasteiger partial charge >= 0.3 is 0 Å². The van der Waals surface area contributed by atoms with Gasteiger partial charge in [-0.25, -0.2) is 8.42 Å². The van der Waals surface area contributed by atoms with Gasteiger partial charge < -0.3 is 15.3 Å². The average molecular weight is 292 g/mol. The van der Waals surface area contributed by atoms with Gasteiger partial charge in [-0.3, -0.25) is 0 Å². The summed E-state index contributed by atoms with van der Waals surface area (Å²) in [6, 6.07) is 0. The van der Waals surface area contributed by atoms with Crippen LogP contribution in [-0.4, -0.2) is 68.3 Å². The third kappa shape index (κ3) is 4.15. The standard InChI is InChI=1S/C13H28N2O3S/c1-4-15(5-2)10-9-14-13(11-16)8-6-7-12(13)19(3,17)18/h12,14,16H,4-11H2,1-3H3. The van der Waals surface area contributed by atoms with E-state index in [1.807, 2.05) is 0 Å². The van der Waals surface area contributed by atoms with Crippen LogP contribution in [0.1, 0.15) is 33.1 Å². The van der Waals surface area contributed by atoms with Crippen LogP contribution in [0.2, 0.25) is 0 Å². The molecule has 2 atom stereocenters. The number of rotatable bonds is 8. The fourth-order valence-corrected chi connectivity index (χ4v) is 4.80. The lowest BCUT2D eigenvalue weighted by Gasteiger charge is -2.34. The molecule has 114 valence electrons. The Morgan fingerprint density at radius 1 is 1.37 bits per heavy atom. The average Bonchev–Trinajstić information content (AvgIpc) is 2.79. The number of aliphatic hydroxyl groups excluding tert-OH is 1. The second-order valence-electron chi connectivity index (χ2n) is 5.48. The first-order chi connectivity index (χ1) is 8.89. The summed E-state index contributed by atoms with van der Waals surface area (Å²) in [4.78, 5) is 2.28. The van der Waals surface area contributed by atoms with E-state index >= 15 is 0 Å². The highest BCUT2D eigenvalue weighted by atomic mass is 32.2.